The molecule has 2 heterocycles. The van der Waals surface area contributed by atoms with E-state index in [9.17, 15) is 9.59 Å². The third kappa shape index (κ3) is 4.66. The van der Waals surface area contributed by atoms with Gasteiger partial charge in [-0.3, -0.25) is 4.79 Å². The van der Waals surface area contributed by atoms with Crippen LogP contribution in [0, 0.1) is 5.92 Å². The quantitative estimate of drug-likeness (QED) is 0.795. The van der Waals surface area contributed by atoms with E-state index < -0.39 is 5.41 Å². The molecule has 0 bridgehead atoms. The number of benzene rings is 1. The maximum atomic E-state index is 13.7. The van der Waals surface area contributed by atoms with Crippen molar-refractivity contribution in [1.82, 2.24) is 9.80 Å². The van der Waals surface area contributed by atoms with Crippen LogP contribution < -0.4 is 0 Å². The summed E-state index contributed by atoms with van der Waals surface area (Å²) >= 11 is 0. The molecule has 1 aromatic rings. The van der Waals surface area contributed by atoms with Crippen LogP contribution in [0.2, 0.25) is 0 Å². The standard InChI is InChI=1S/C22H32N2O4/c1-18(2)17-28-21(26)24-12-6-11-23(13-14-24)20(25)22(9-15-27-16-10-22)19-7-4-3-5-8-19/h3-5,7-8,18H,6,9-17H2,1-2H3. The molecule has 0 radical (unpaired) electrons. The molecule has 0 spiro atoms. The molecule has 2 amide bonds. The Morgan fingerprint density at radius 1 is 1.04 bits per heavy atom. The summed E-state index contributed by atoms with van der Waals surface area (Å²) in [6.07, 6.45) is 1.90. The lowest BCUT2D eigenvalue weighted by molar-refractivity contribution is -0.141. The molecule has 3 rings (SSSR count). The van der Waals surface area contributed by atoms with E-state index in [4.69, 9.17) is 9.47 Å². The number of hydrogen-bond acceptors (Lipinski definition) is 4. The van der Waals surface area contributed by atoms with Crippen molar-refractivity contribution in [2.45, 2.75) is 38.5 Å². The molecule has 0 unspecified atom stereocenters. The summed E-state index contributed by atoms with van der Waals surface area (Å²) in [7, 11) is 0. The molecule has 154 valence electrons. The Morgan fingerprint density at radius 2 is 1.68 bits per heavy atom. The predicted octanol–water partition coefficient (Wildman–Crippen LogP) is 3.06. The molecule has 0 N–H and O–H groups in total. The predicted molar refractivity (Wildman–Crippen MR) is 107 cm³/mol. The Bertz CT molecular complexity index is 656. The zero-order valence-electron chi connectivity index (χ0n) is 17.1. The Balaban J connectivity index is 1.70. The van der Waals surface area contributed by atoms with Crippen molar-refractivity contribution in [3.63, 3.8) is 0 Å². The van der Waals surface area contributed by atoms with Gasteiger partial charge in [-0.25, -0.2) is 4.79 Å². The monoisotopic (exact) mass is 388 g/mol. The number of carbonyl (C=O) groups is 2. The van der Waals surface area contributed by atoms with Crippen molar-refractivity contribution in [2.24, 2.45) is 5.92 Å². The van der Waals surface area contributed by atoms with Crippen LogP contribution in [0.25, 0.3) is 0 Å². The number of hydrogen-bond donors (Lipinski definition) is 0. The first-order chi connectivity index (χ1) is 13.5. The summed E-state index contributed by atoms with van der Waals surface area (Å²) in [5, 5.41) is 0. The van der Waals surface area contributed by atoms with Crippen molar-refractivity contribution in [3.8, 4) is 0 Å². The highest BCUT2D eigenvalue weighted by atomic mass is 16.6. The minimum atomic E-state index is -0.521. The number of rotatable bonds is 4. The van der Waals surface area contributed by atoms with Gasteiger partial charge in [0, 0.05) is 39.4 Å². The molecule has 2 saturated heterocycles. The van der Waals surface area contributed by atoms with E-state index >= 15 is 0 Å². The molecular weight excluding hydrogens is 356 g/mol. The minimum absolute atomic E-state index is 0.166. The second-order valence-corrected chi connectivity index (χ2v) is 8.16. The van der Waals surface area contributed by atoms with E-state index in [1.807, 2.05) is 36.9 Å². The highest BCUT2D eigenvalue weighted by Gasteiger charge is 2.44. The molecule has 2 aliphatic rings. The van der Waals surface area contributed by atoms with Crippen molar-refractivity contribution in [3.05, 3.63) is 35.9 Å². The Hall–Kier alpha value is -2.08. The van der Waals surface area contributed by atoms with Crippen LogP contribution in [0.5, 0.6) is 0 Å². The molecule has 2 fully saturated rings. The molecule has 0 saturated carbocycles. The highest BCUT2D eigenvalue weighted by molar-refractivity contribution is 5.88. The van der Waals surface area contributed by atoms with Gasteiger partial charge in [0.1, 0.15) is 0 Å². The van der Waals surface area contributed by atoms with E-state index in [-0.39, 0.29) is 12.0 Å². The van der Waals surface area contributed by atoms with Gasteiger partial charge >= 0.3 is 6.09 Å². The van der Waals surface area contributed by atoms with E-state index in [0.29, 0.717) is 64.8 Å². The molecule has 0 aliphatic carbocycles. The van der Waals surface area contributed by atoms with E-state index in [2.05, 4.69) is 12.1 Å². The van der Waals surface area contributed by atoms with Gasteiger partial charge in [-0.2, -0.15) is 0 Å². The first-order valence-corrected chi connectivity index (χ1v) is 10.4. The van der Waals surface area contributed by atoms with Crippen LogP contribution in [0.4, 0.5) is 4.79 Å². The second-order valence-electron chi connectivity index (χ2n) is 8.16. The second kappa shape index (κ2) is 9.41. The molecule has 0 aromatic heterocycles. The number of amides is 2. The normalized spacial score (nSPS) is 20.0. The minimum Gasteiger partial charge on any atom is -0.449 e. The lowest BCUT2D eigenvalue weighted by Gasteiger charge is -2.40. The van der Waals surface area contributed by atoms with Gasteiger partial charge in [0.25, 0.3) is 0 Å². The zero-order chi connectivity index (χ0) is 20.0. The summed E-state index contributed by atoms with van der Waals surface area (Å²) in [6, 6.07) is 10.1. The van der Waals surface area contributed by atoms with Crippen LogP contribution in [-0.2, 0) is 19.7 Å². The van der Waals surface area contributed by atoms with Gasteiger partial charge < -0.3 is 19.3 Å². The maximum absolute atomic E-state index is 13.7. The Kier molecular flexibility index (Phi) is 6.94. The van der Waals surface area contributed by atoms with Crippen LogP contribution in [0.3, 0.4) is 0 Å². The van der Waals surface area contributed by atoms with Gasteiger partial charge in [0.05, 0.1) is 12.0 Å². The first-order valence-electron chi connectivity index (χ1n) is 10.4. The fourth-order valence-electron chi connectivity index (χ4n) is 4.04. The van der Waals surface area contributed by atoms with Crippen LogP contribution >= 0.6 is 0 Å². The Labute approximate surface area is 167 Å². The van der Waals surface area contributed by atoms with Gasteiger partial charge in [0.15, 0.2) is 0 Å². The smallest absolute Gasteiger partial charge is 0.409 e. The van der Waals surface area contributed by atoms with E-state index in [1.165, 1.54) is 0 Å². The zero-order valence-corrected chi connectivity index (χ0v) is 17.1. The maximum Gasteiger partial charge on any atom is 0.409 e. The summed E-state index contributed by atoms with van der Waals surface area (Å²) < 4.78 is 10.9. The summed E-state index contributed by atoms with van der Waals surface area (Å²) in [4.78, 5) is 29.6. The molecule has 6 heteroatoms. The number of nitrogens with zero attached hydrogens (tertiary/aromatic N) is 2. The largest absolute Gasteiger partial charge is 0.449 e. The van der Waals surface area contributed by atoms with Gasteiger partial charge in [-0.15, -0.1) is 0 Å². The fourth-order valence-corrected chi connectivity index (χ4v) is 4.04. The van der Waals surface area contributed by atoms with Crippen LogP contribution in [-0.4, -0.2) is 67.8 Å². The van der Waals surface area contributed by atoms with Gasteiger partial charge in [0.2, 0.25) is 5.91 Å². The van der Waals surface area contributed by atoms with Crippen molar-refractivity contribution in [1.29, 1.82) is 0 Å². The van der Waals surface area contributed by atoms with Crippen LogP contribution in [0.15, 0.2) is 30.3 Å². The Morgan fingerprint density at radius 3 is 2.36 bits per heavy atom. The summed E-state index contributed by atoms with van der Waals surface area (Å²) in [5.74, 6) is 0.479. The molecular formula is C22H32N2O4. The average molecular weight is 389 g/mol. The third-order valence-corrected chi connectivity index (χ3v) is 5.66. The molecule has 1 aromatic carbocycles. The SMILES string of the molecule is CC(C)COC(=O)N1CCCN(C(=O)C2(c3ccccc3)CCOCC2)CC1. The summed E-state index contributed by atoms with van der Waals surface area (Å²) in [6.45, 7) is 8.03. The highest BCUT2D eigenvalue weighted by Crippen LogP contribution is 2.37. The van der Waals surface area contributed by atoms with Crippen molar-refractivity contribution >= 4 is 12.0 Å². The van der Waals surface area contributed by atoms with Crippen molar-refractivity contribution < 1.29 is 19.1 Å². The molecule has 6 nitrogen and oxygen atoms in total. The van der Waals surface area contributed by atoms with Crippen LogP contribution in [0.1, 0.15) is 38.7 Å². The molecule has 0 atom stereocenters. The first kappa shape index (κ1) is 20.6. The average Bonchev–Trinajstić information content (AvgIpc) is 2.99. The van der Waals surface area contributed by atoms with Gasteiger partial charge in [-0.1, -0.05) is 44.2 Å². The van der Waals surface area contributed by atoms with E-state index in [0.717, 1.165) is 12.0 Å². The van der Waals surface area contributed by atoms with Gasteiger partial charge in [-0.05, 0) is 30.7 Å². The molecule has 2 aliphatic heterocycles. The topological polar surface area (TPSA) is 59.1 Å². The van der Waals surface area contributed by atoms with E-state index in [1.54, 1.807) is 4.90 Å². The lowest BCUT2D eigenvalue weighted by Crippen LogP contribution is -2.51. The summed E-state index contributed by atoms with van der Waals surface area (Å²) in [5.41, 5.74) is 0.549. The number of ether oxygens (including phenoxy) is 2. The number of carbonyl (C=O) groups excluding carboxylic acids is 2. The third-order valence-electron chi connectivity index (χ3n) is 5.66. The molecule has 28 heavy (non-hydrogen) atoms. The van der Waals surface area contributed by atoms with Crippen molar-refractivity contribution in [2.75, 3.05) is 46.0 Å². The fraction of sp³-hybridized carbons (Fsp3) is 0.636. The lowest BCUT2D eigenvalue weighted by atomic mass is 9.73.